The van der Waals surface area contributed by atoms with Crippen LogP contribution in [0.2, 0.25) is 0 Å². The lowest BCUT2D eigenvalue weighted by Crippen LogP contribution is -2.34. The molecule has 0 aromatic heterocycles. The summed E-state index contributed by atoms with van der Waals surface area (Å²) >= 11 is 0. The molecule has 9 nitrogen and oxygen atoms in total. The summed E-state index contributed by atoms with van der Waals surface area (Å²) in [5.41, 5.74) is 1.54. The number of fused-ring (bicyclic) bond motifs is 2. The number of anilines is 2. The van der Waals surface area contributed by atoms with Crippen LogP contribution < -0.4 is 20.1 Å². The number of carboxylic acids is 1. The van der Waals surface area contributed by atoms with Gasteiger partial charge >= 0.3 is 5.97 Å². The van der Waals surface area contributed by atoms with Crippen molar-refractivity contribution >= 4 is 34.9 Å². The van der Waals surface area contributed by atoms with Crippen LogP contribution in [0.1, 0.15) is 37.0 Å². The molecule has 2 aromatic rings. The van der Waals surface area contributed by atoms with Gasteiger partial charge in [0.05, 0.1) is 17.8 Å². The molecule has 0 saturated carbocycles. The molecule has 2 heterocycles. The van der Waals surface area contributed by atoms with Crippen molar-refractivity contribution in [2.24, 2.45) is 0 Å². The number of Topliss-reactive ketones (excluding diaryl/α,β-unsaturated/α-hetero) is 1. The van der Waals surface area contributed by atoms with Crippen LogP contribution >= 0.6 is 0 Å². The Labute approximate surface area is 178 Å². The normalized spacial score (nSPS) is 18.5. The van der Waals surface area contributed by atoms with E-state index in [1.807, 2.05) is 24.3 Å². The fourth-order valence-corrected chi connectivity index (χ4v) is 2.90. The highest BCUT2D eigenvalue weighted by Gasteiger charge is 2.24. The monoisotopic (exact) mass is 426 g/mol. The standard InChI is InChI=1S/C13H13NO5.C9H9NO2/c1-7-13(18)14-9-6-8(2-4-11(9)19-7)10(15)3-5-12(16)17;1-6-9(11)10-7-4-2-3-5-8(7)12-6/h2,4,6-7H,3,5H2,1H3,(H,14,18)(H,16,17);2-6H,1H3,(H,10,11). The maximum absolute atomic E-state index is 11.8. The molecule has 2 unspecified atom stereocenters. The highest BCUT2D eigenvalue weighted by Crippen LogP contribution is 2.31. The zero-order chi connectivity index (χ0) is 22.5. The summed E-state index contributed by atoms with van der Waals surface area (Å²) in [6.45, 7) is 3.36. The minimum Gasteiger partial charge on any atom is -0.481 e. The number of ether oxygens (including phenoxy) is 2. The Morgan fingerprint density at radius 3 is 2.10 bits per heavy atom. The fraction of sp³-hybridized carbons (Fsp3) is 0.273. The third-order valence-corrected chi connectivity index (χ3v) is 4.62. The van der Waals surface area contributed by atoms with Crippen LogP contribution in [0.3, 0.4) is 0 Å². The molecule has 0 spiro atoms. The zero-order valence-corrected chi connectivity index (χ0v) is 17.0. The number of carbonyl (C=O) groups excluding carboxylic acids is 3. The van der Waals surface area contributed by atoms with E-state index in [-0.39, 0.29) is 36.5 Å². The Balaban J connectivity index is 0.000000194. The minimum absolute atomic E-state index is 0.0701. The van der Waals surface area contributed by atoms with Crippen LogP contribution in [0.25, 0.3) is 0 Å². The van der Waals surface area contributed by atoms with E-state index in [0.717, 1.165) is 11.4 Å². The van der Waals surface area contributed by atoms with Crippen molar-refractivity contribution < 1.29 is 33.8 Å². The van der Waals surface area contributed by atoms with Gasteiger partial charge in [-0.05, 0) is 44.2 Å². The summed E-state index contributed by atoms with van der Waals surface area (Å²) in [6.07, 6.45) is -1.24. The van der Waals surface area contributed by atoms with E-state index in [4.69, 9.17) is 14.6 Å². The van der Waals surface area contributed by atoms with Crippen LogP contribution in [-0.2, 0) is 14.4 Å². The Morgan fingerprint density at radius 2 is 1.45 bits per heavy atom. The summed E-state index contributed by atoms with van der Waals surface area (Å²) in [5.74, 6) is -0.419. The van der Waals surface area contributed by atoms with Gasteiger partial charge in [-0.25, -0.2) is 0 Å². The fourth-order valence-electron chi connectivity index (χ4n) is 2.90. The molecule has 0 fully saturated rings. The molecule has 2 atom stereocenters. The van der Waals surface area contributed by atoms with E-state index in [9.17, 15) is 19.2 Å². The molecule has 2 aromatic carbocycles. The van der Waals surface area contributed by atoms with Crippen molar-refractivity contribution in [1.82, 2.24) is 0 Å². The van der Waals surface area contributed by atoms with E-state index in [0.29, 0.717) is 17.0 Å². The highest BCUT2D eigenvalue weighted by atomic mass is 16.5. The number of amides is 2. The first-order chi connectivity index (χ1) is 14.7. The number of aliphatic carboxylic acids is 1. The van der Waals surface area contributed by atoms with E-state index >= 15 is 0 Å². The molecule has 3 N–H and O–H groups in total. The molecule has 2 aliphatic rings. The molecule has 0 radical (unpaired) electrons. The molecule has 9 heteroatoms. The largest absolute Gasteiger partial charge is 0.481 e. The van der Waals surface area contributed by atoms with Crippen LogP contribution in [0.15, 0.2) is 42.5 Å². The molecule has 4 rings (SSSR count). The average molecular weight is 426 g/mol. The van der Waals surface area contributed by atoms with Crippen LogP contribution in [0, 0.1) is 0 Å². The average Bonchev–Trinajstić information content (AvgIpc) is 2.74. The van der Waals surface area contributed by atoms with Crippen LogP contribution in [0.4, 0.5) is 11.4 Å². The Kier molecular flexibility index (Phi) is 6.54. The van der Waals surface area contributed by atoms with Gasteiger partial charge in [0.15, 0.2) is 18.0 Å². The topological polar surface area (TPSA) is 131 Å². The maximum atomic E-state index is 11.8. The van der Waals surface area contributed by atoms with Crippen molar-refractivity contribution in [3.05, 3.63) is 48.0 Å². The molecular formula is C22H22N2O7. The Bertz CT molecular complexity index is 1030. The summed E-state index contributed by atoms with van der Waals surface area (Å²) in [4.78, 5) is 44.8. The third-order valence-electron chi connectivity index (χ3n) is 4.62. The van der Waals surface area contributed by atoms with E-state index < -0.39 is 12.1 Å². The second-order valence-corrected chi connectivity index (χ2v) is 7.02. The SMILES string of the molecule is CC1Oc2ccc(C(=O)CCC(=O)O)cc2NC1=O.CC1Oc2ccccc2NC1=O. The quantitative estimate of drug-likeness (QED) is 0.641. The van der Waals surface area contributed by atoms with Gasteiger partial charge in [-0.2, -0.15) is 0 Å². The van der Waals surface area contributed by atoms with E-state index in [2.05, 4.69) is 10.6 Å². The van der Waals surface area contributed by atoms with Crippen molar-refractivity contribution in [3.8, 4) is 11.5 Å². The molecule has 0 saturated heterocycles. The number of para-hydroxylation sites is 2. The summed E-state index contributed by atoms with van der Waals surface area (Å²) in [6, 6.07) is 12.1. The number of hydrogen-bond acceptors (Lipinski definition) is 6. The van der Waals surface area contributed by atoms with Crippen molar-refractivity contribution in [2.45, 2.75) is 38.9 Å². The Hall–Kier alpha value is -3.88. The lowest BCUT2D eigenvalue weighted by Gasteiger charge is -2.23. The molecular weight excluding hydrogens is 404 g/mol. The number of ketones is 1. The molecule has 162 valence electrons. The van der Waals surface area contributed by atoms with Crippen molar-refractivity contribution in [3.63, 3.8) is 0 Å². The minimum atomic E-state index is -1.02. The first-order valence-corrected chi connectivity index (χ1v) is 9.67. The van der Waals surface area contributed by atoms with Crippen molar-refractivity contribution in [2.75, 3.05) is 10.6 Å². The number of hydrogen-bond donors (Lipinski definition) is 3. The zero-order valence-electron chi connectivity index (χ0n) is 17.0. The molecule has 0 bridgehead atoms. The van der Waals surface area contributed by atoms with Crippen molar-refractivity contribution in [1.29, 1.82) is 0 Å². The molecule has 2 amide bonds. The molecule has 31 heavy (non-hydrogen) atoms. The second kappa shape index (κ2) is 9.29. The lowest BCUT2D eigenvalue weighted by atomic mass is 10.0. The van der Waals surface area contributed by atoms with Crippen LogP contribution in [0.5, 0.6) is 11.5 Å². The van der Waals surface area contributed by atoms with Gasteiger partial charge in [-0.1, -0.05) is 12.1 Å². The molecule has 2 aliphatic heterocycles. The predicted octanol–water partition coefficient (Wildman–Crippen LogP) is 2.86. The van der Waals surface area contributed by atoms with Gasteiger partial charge in [0.2, 0.25) is 0 Å². The summed E-state index contributed by atoms with van der Waals surface area (Å²) in [7, 11) is 0. The van der Waals surface area contributed by atoms with Crippen LogP contribution in [-0.4, -0.2) is 40.9 Å². The van der Waals surface area contributed by atoms with Gasteiger partial charge in [-0.3, -0.25) is 19.2 Å². The van der Waals surface area contributed by atoms with Gasteiger partial charge in [0, 0.05) is 12.0 Å². The van der Waals surface area contributed by atoms with E-state index in [1.54, 1.807) is 26.0 Å². The summed E-state index contributed by atoms with van der Waals surface area (Å²) in [5, 5.41) is 13.9. The van der Waals surface area contributed by atoms with Gasteiger partial charge < -0.3 is 25.2 Å². The van der Waals surface area contributed by atoms with Gasteiger partial charge in [-0.15, -0.1) is 0 Å². The number of rotatable bonds is 4. The number of carboxylic acid groups (broad SMARTS) is 1. The third kappa shape index (κ3) is 5.39. The smallest absolute Gasteiger partial charge is 0.303 e. The first kappa shape index (κ1) is 21.8. The number of nitrogens with one attached hydrogen (secondary N) is 2. The van der Waals surface area contributed by atoms with Gasteiger partial charge in [0.1, 0.15) is 11.5 Å². The summed E-state index contributed by atoms with van der Waals surface area (Å²) < 4.78 is 10.7. The predicted molar refractivity (Wildman–Crippen MR) is 112 cm³/mol. The number of benzene rings is 2. The lowest BCUT2D eigenvalue weighted by molar-refractivity contribution is -0.137. The second-order valence-electron chi connectivity index (χ2n) is 7.02. The van der Waals surface area contributed by atoms with E-state index in [1.165, 1.54) is 6.07 Å². The maximum Gasteiger partial charge on any atom is 0.303 e. The number of carbonyl (C=O) groups is 4. The Morgan fingerprint density at radius 1 is 0.871 bits per heavy atom. The highest BCUT2D eigenvalue weighted by molar-refractivity contribution is 6.02. The van der Waals surface area contributed by atoms with Gasteiger partial charge in [0.25, 0.3) is 11.8 Å². The first-order valence-electron chi connectivity index (χ1n) is 9.67. The molecule has 0 aliphatic carbocycles.